The molecule has 1 atom stereocenters. The molecule has 0 aromatic carbocycles. The van der Waals surface area contributed by atoms with Gasteiger partial charge in [0.25, 0.3) is 0 Å². The van der Waals surface area contributed by atoms with Gasteiger partial charge in [-0.2, -0.15) is 0 Å². The van der Waals surface area contributed by atoms with Gasteiger partial charge in [-0.3, -0.25) is 9.89 Å². The highest BCUT2D eigenvalue weighted by Gasteiger charge is 2.17. The van der Waals surface area contributed by atoms with E-state index in [0.717, 1.165) is 44.3 Å². The second-order valence-electron chi connectivity index (χ2n) is 4.17. The van der Waals surface area contributed by atoms with E-state index in [1.165, 1.54) is 0 Å². The molecular formula is C10H18N4. The molecule has 0 spiro atoms. The zero-order valence-electron chi connectivity index (χ0n) is 8.95. The first-order chi connectivity index (χ1) is 6.74. The fraction of sp³-hybridized carbons (Fsp3) is 0.800. The van der Waals surface area contributed by atoms with Crippen LogP contribution in [0.1, 0.15) is 13.8 Å². The molecule has 1 fully saturated rings. The molecule has 1 saturated heterocycles. The van der Waals surface area contributed by atoms with Gasteiger partial charge in [0.2, 0.25) is 0 Å². The Balaban J connectivity index is 1.85. The van der Waals surface area contributed by atoms with E-state index in [1.807, 2.05) is 6.92 Å². The molecule has 4 heteroatoms. The Kier molecular flexibility index (Phi) is 2.93. The highest BCUT2D eigenvalue weighted by Crippen LogP contribution is 2.02. The lowest BCUT2D eigenvalue weighted by molar-refractivity contribution is 0.232. The van der Waals surface area contributed by atoms with E-state index < -0.39 is 0 Å². The molecular weight excluding hydrogens is 176 g/mol. The van der Waals surface area contributed by atoms with Gasteiger partial charge >= 0.3 is 0 Å². The minimum Gasteiger partial charge on any atom is -0.312 e. The third-order valence-corrected chi connectivity index (χ3v) is 2.63. The Morgan fingerprint density at radius 1 is 1.57 bits per heavy atom. The maximum Gasteiger partial charge on any atom is 0.137 e. The molecule has 0 aliphatic carbocycles. The molecule has 1 N–H and O–H groups in total. The Bertz CT molecular complexity index is 269. The summed E-state index contributed by atoms with van der Waals surface area (Å²) in [4.78, 5) is 11.2. The average Bonchev–Trinajstić information content (AvgIpc) is 2.51. The van der Waals surface area contributed by atoms with Crippen LogP contribution >= 0.6 is 0 Å². The van der Waals surface area contributed by atoms with E-state index in [2.05, 4.69) is 27.1 Å². The molecule has 14 heavy (non-hydrogen) atoms. The maximum atomic E-state index is 4.41. The first kappa shape index (κ1) is 9.80. The number of hydrogen-bond acceptors (Lipinski definition) is 4. The number of aliphatic imine (C=N–C) groups is 2. The van der Waals surface area contributed by atoms with Gasteiger partial charge in [0.1, 0.15) is 5.84 Å². The molecule has 78 valence electrons. The third kappa shape index (κ3) is 2.39. The fourth-order valence-corrected chi connectivity index (χ4v) is 1.94. The van der Waals surface area contributed by atoms with E-state index in [9.17, 15) is 0 Å². The van der Waals surface area contributed by atoms with Gasteiger partial charge in [0.05, 0.1) is 13.1 Å². The van der Waals surface area contributed by atoms with Crippen molar-refractivity contribution < 1.29 is 0 Å². The van der Waals surface area contributed by atoms with Crippen molar-refractivity contribution in [2.75, 3.05) is 32.7 Å². The van der Waals surface area contributed by atoms with E-state index in [4.69, 9.17) is 0 Å². The molecule has 0 saturated carbocycles. The lowest BCUT2D eigenvalue weighted by Crippen LogP contribution is -2.50. The molecule has 0 amide bonds. The molecule has 0 radical (unpaired) electrons. The SMILES string of the molecule is CC1=NC(CN2CCN[C@H](C)C2)=NC1. The first-order valence-corrected chi connectivity index (χ1v) is 5.27. The molecule has 2 heterocycles. The molecule has 0 bridgehead atoms. The van der Waals surface area contributed by atoms with Crippen molar-refractivity contribution in [2.24, 2.45) is 9.98 Å². The van der Waals surface area contributed by atoms with Crippen LogP contribution in [0.5, 0.6) is 0 Å². The molecule has 2 rings (SSSR count). The highest BCUT2D eigenvalue weighted by atomic mass is 15.2. The van der Waals surface area contributed by atoms with Crippen LogP contribution in [-0.2, 0) is 0 Å². The molecule has 0 aromatic heterocycles. The van der Waals surface area contributed by atoms with Gasteiger partial charge < -0.3 is 5.32 Å². The summed E-state index contributed by atoms with van der Waals surface area (Å²) in [5.41, 5.74) is 1.14. The van der Waals surface area contributed by atoms with Gasteiger partial charge in [-0.05, 0) is 13.8 Å². The van der Waals surface area contributed by atoms with E-state index in [0.29, 0.717) is 6.04 Å². The summed E-state index contributed by atoms with van der Waals surface area (Å²) in [7, 11) is 0. The predicted molar refractivity (Wildman–Crippen MR) is 59.3 cm³/mol. The van der Waals surface area contributed by atoms with Crippen molar-refractivity contribution >= 4 is 11.5 Å². The van der Waals surface area contributed by atoms with Crippen molar-refractivity contribution in [3.8, 4) is 0 Å². The van der Waals surface area contributed by atoms with Crippen molar-refractivity contribution in [1.29, 1.82) is 0 Å². The fourth-order valence-electron chi connectivity index (χ4n) is 1.94. The standard InChI is InChI=1S/C10H18N4/c1-8-5-12-10(13-8)7-14-4-3-11-9(2)6-14/h9,11H,3-7H2,1-2H3/t9-/m1/s1. The minimum atomic E-state index is 0.593. The topological polar surface area (TPSA) is 40.0 Å². The number of rotatable bonds is 2. The molecule has 4 nitrogen and oxygen atoms in total. The molecule has 2 aliphatic heterocycles. The van der Waals surface area contributed by atoms with E-state index in [-0.39, 0.29) is 0 Å². The average molecular weight is 194 g/mol. The van der Waals surface area contributed by atoms with Crippen LogP contribution in [0.2, 0.25) is 0 Å². The van der Waals surface area contributed by atoms with Crippen LogP contribution in [0, 0.1) is 0 Å². The van der Waals surface area contributed by atoms with Crippen LogP contribution in [-0.4, -0.2) is 55.2 Å². The van der Waals surface area contributed by atoms with Crippen LogP contribution in [0.25, 0.3) is 0 Å². The largest absolute Gasteiger partial charge is 0.312 e. The molecule has 2 aliphatic rings. The van der Waals surface area contributed by atoms with Crippen molar-refractivity contribution in [2.45, 2.75) is 19.9 Å². The van der Waals surface area contributed by atoms with Crippen LogP contribution in [0.4, 0.5) is 0 Å². The van der Waals surface area contributed by atoms with Crippen molar-refractivity contribution in [1.82, 2.24) is 10.2 Å². The first-order valence-electron chi connectivity index (χ1n) is 5.27. The zero-order chi connectivity index (χ0) is 9.97. The number of amidine groups is 1. The van der Waals surface area contributed by atoms with Gasteiger partial charge in [-0.1, -0.05) is 0 Å². The Hall–Kier alpha value is -0.740. The Morgan fingerprint density at radius 2 is 2.43 bits per heavy atom. The molecule has 0 aromatic rings. The van der Waals surface area contributed by atoms with Crippen LogP contribution in [0.3, 0.4) is 0 Å². The maximum absolute atomic E-state index is 4.41. The summed E-state index contributed by atoms with van der Waals surface area (Å²) in [6.07, 6.45) is 0. The van der Waals surface area contributed by atoms with Gasteiger partial charge in [-0.25, -0.2) is 4.99 Å². The Morgan fingerprint density at radius 3 is 3.07 bits per heavy atom. The van der Waals surface area contributed by atoms with Crippen molar-refractivity contribution in [3.05, 3.63) is 0 Å². The highest BCUT2D eigenvalue weighted by molar-refractivity contribution is 6.03. The van der Waals surface area contributed by atoms with Gasteiger partial charge in [0, 0.05) is 31.4 Å². The number of nitrogens with one attached hydrogen (secondary N) is 1. The summed E-state index contributed by atoms with van der Waals surface area (Å²) in [6.45, 7) is 9.27. The summed E-state index contributed by atoms with van der Waals surface area (Å²) in [5, 5.41) is 3.43. The summed E-state index contributed by atoms with van der Waals surface area (Å²) in [6, 6.07) is 0.593. The quantitative estimate of drug-likeness (QED) is 0.680. The third-order valence-electron chi connectivity index (χ3n) is 2.63. The summed E-state index contributed by atoms with van der Waals surface area (Å²) in [5.74, 6) is 1.01. The lowest BCUT2D eigenvalue weighted by atomic mass is 10.2. The van der Waals surface area contributed by atoms with Crippen LogP contribution < -0.4 is 5.32 Å². The predicted octanol–water partition coefficient (Wildman–Crippen LogP) is 0.153. The smallest absolute Gasteiger partial charge is 0.137 e. The van der Waals surface area contributed by atoms with E-state index in [1.54, 1.807) is 0 Å². The van der Waals surface area contributed by atoms with E-state index >= 15 is 0 Å². The van der Waals surface area contributed by atoms with Gasteiger partial charge in [0.15, 0.2) is 0 Å². The second kappa shape index (κ2) is 4.19. The zero-order valence-corrected chi connectivity index (χ0v) is 8.95. The second-order valence-corrected chi connectivity index (χ2v) is 4.17. The number of nitrogens with zero attached hydrogens (tertiary/aromatic N) is 3. The number of piperazine rings is 1. The van der Waals surface area contributed by atoms with Gasteiger partial charge in [-0.15, -0.1) is 0 Å². The molecule has 0 unspecified atom stereocenters. The summed E-state index contributed by atoms with van der Waals surface area (Å²) >= 11 is 0. The Labute approximate surface area is 85.1 Å². The van der Waals surface area contributed by atoms with Crippen LogP contribution in [0.15, 0.2) is 9.98 Å². The summed E-state index contributed by atoms with van der Waals surface area (Å²) < 4.78 is 0. The lowest BCUT2D eigenvalue weighted by Gasteiger charge is -2.31. The number of hydrogen-bond donors (Lipinski definition) is 1. The monoisotopic (exact) mass is 194 g/mol. The minimum absolute atomic E-state index is 0.593. The normalized spacial score (nSPS) is 28.9. The van der Waals surface area contributed by atoms with Crippen molar-refractivity contribution in [3.63, 3.8) is 0 Å².